The molecule has 7 nitrogen and oxygen atoms in total. The van der Waals surface area contributed by atoms with E-state index >= 15 is 0 Å². The number of hydrogen-bond acceptors (Lipinski definition) is 6. The van der Waals surface area contributed by atoms with Gasteiger partial charge in [0.05, 0.1) is 19.6 Å². The van der Waals surface area contributed by atoms with E-state index in [0.717, 1.165) is 0 Å². The minimum Gasteiger partial charge on any atom is -0.507 e. The maximum atomic E-state index is 10.7. The molecule has 2 aromatic rings. The Labute approximate surface area is 129 Å². The van der Waals surface area contributed by atoms with E-state index in [0.29, 0.717) is 22.4 Å². The predicted molar refractivity (Wildman–Crippen MR) is 74.1 cm³/mol. The van der Waals surface area contributed by atoms with Crippen molar-refractivity contribution in [1.29, 1.82) is 0 Å². The van der Waals surface area contributed by atoms with Gasteiger partial charge in [-0.05, 0) is 18.2 Å². The minimum absolute atomic E-state index is 0.135. The topological polar surface area (TPSA) is 106 Å². The van der Waals surface area contributed by atoms with Gasteiger partial charge in [-0.15, -0.1) is 0 Å². The van der Waals surface area contributed by atoms with E-state index in [1.54, 1.807) is 26.4 Å². The van der Waals surface area contributed by atoms with Crippen LogP contribution in [0.1, 0.15) is 0 Å². The summed E-state index contributed by atoms with van der Waals surface area (Å²) in [5.74, 6) is 1.33. The molecule has 0 unspecified atom stereocenters. The smallest absolute Gasteiger partial charge is 0.507 e. The molecule has 0 amide bonds. The normalized spacial score (nSPS) is 11.6. The standard InChI is InChI=1S/C11H11NO3.CHF3O3S/c1-14-8-3-4-9(15-2)11-10(8)7(13)5-6-12-11;2-1(3,4)8(5,6)7/h3-6H,1-2H3,(H,12,13);(H,5,6,7). The summed E-state index contributed by atoms with van der Waals surface area (Å²) >= 11 is 0. The van der Waals surface area contributed by atoms with Gasteiger partial charge in [0, 0.05) is 6.20 Å². The number of rotatable bonds is 2. The highest BCUT2D eigenvalue weighted by Crippen LogP contribution is 2.36. The lowest BCUT2D eigenvalue weighted by molar-refractivity contribution is -0.0510. The molecule has 23 heavy (non-hydrogen) atoms. The number of ether oxygens (including phenoxy) is 2. The molecular weight excluding hydrogens is 343 g/mol. The number of pyridine rings is 1. The Morgan fingerprint density at radius 1 is 1.09 bits per heavy atom. The Morgan fingerprint density at radius 2 is 1.57 bits per heavy atom. The molecule has 2 rings (SSSR count). The first kappa shape index (κ1) is 18.8. The quantitative estimate of drug-likeness (QED) is 0.629. The molecule has 0 aliphatic rings. The van der Waals surface area contributed by atoms with Crippen molar-refractivity contribution >= 4 is 21.0 Å². The van der Waals surface area contributed by atoms with Crippen LogP contribution in [0.5, 0.6) is 17.2 Å². The van der Waals surface area contributed by atoms with E-state index in [1.807, 2.05) is 0 Å². The largest absolute Gasteiger partial charge is 0.522 e. The SMILES string of the molecule is COc1ccc(OC)c2c(O)ccnc12.O=S(=O)(O)C(F)(F)F. The first-order chi connectivity index (χ1) is 10.5. The van der Waals surface area contributed by atoms with Gasteiger partial charge in [-0.25, -0.2) is 0 Å². The van der Waals surface area contributed by atoms with Gasteiger partial charge in [-0.3, -0.25) is 9.54 Å². The maximum Gasteiger partial charge on any atom is 0.522 e. The molecule has 0 saturated carbocycles. The van der Waals surface area contributed by atoms with Crippen molar-refractivity contribution in [3.05, 3.63) is 24.4 Å². The number of halogens is 3. The van der Waals surface area contributed by atoms with Crippen molar-refractivity contribution in [3.8, 4) is 17.2 Å². The van der Waals surface area contributed by atoms with E-state index in [2.05, 4.69) is 4.98 Å². The molecule has 0 aliphatic heterocycles. The molecule has 0 bridgehead atoms. The lowest BCUT2D eigenvalue weighted by atomic mass is 10.1. The summed E-state index contributed by atoms with van der Waals surface area (Å²) in [6.45, 7) is 0. The maximum absolute atomic E-state index is 10.7. The van der Waals surface area contributed by atoms with Gasteiger partial charge >= 0.3 is 15.6 Å². The Hall–Kier alpha value is -2.27. The van der Waals surface area contributed by atoms with Crippen LogP contribution in [0, 0.1) is 0 Å². The number of nitrogens with zero attached hydrogens (tertiary/aromatic N) is 1. The number of methoxy groups -OCH3 is 2. The van der Waals surface area contributed by atoms with Crippen LogP contribution in [-0.2, 0) is 10.1 Å². The fourth-order valence-electron chi connectivity index (χ4n) is 1.53. The average Bonchev–Trinajstić information content (AvgIpc) is 2.45. The minimum atomic E-state index is -5.84. The number of aromatic hydroxyl groups is 1. The zero-order valence-corrected chi connectivity index (χ0v) is 12.6. The first-order valence-corrected chi connectivity index (χ1v) is 7.19. The zero-order chi connectivity index (χ0) is 17.8. The number of aromatic nitrogens is 1. The summed E-state index contributed by atoms with van der Waals surface area (Å²) in [5, 5.41) is 10.3. The number of alkyl halides is 3. The summed E-state index contributed by atoms with van der Waals surface area (Å²) in [6, 6.07) is 5.01. The summed E-state index contributed by atoms with van der Waals surface area (Å²) < 4.78 is 67.8. The summed E-state index contributed by atoms with van der Waals surface area (Å²) in [6.07, 6.45) is 1.53. The number of fused-ring (bicyclic) bond motifs is 1. The van der Waals surface area contributed by atoms with Crippen molar-refractivity contribution in [2.75, 3.05) is 14.2 Å². The lowest BCUT2D eigenvalue weighted by Crippen LogP contribution is -2.21. The summed E-state index contributed by atoms with van der Waals surface area (Å²) in [7, 11) is -2.73. The molecule has 0 saturated heterocycles. The molecule has 2 N–H and O–H groups in total. The molecule has 0 radical (unpaired) electrons. The van der Waals surface area contributed by atoms with Crippen LogP contribution >= 0.6 is 0 Å². The number of hydrogen-bond donors (Lipinski definition) is 2. The van der Waals surface area contributed by atoms with Gasteiger partial charge in [0.1, 0.15) is 22.8 Å². The monoisotopic (exact) mass is 355 g/mol. The molecule has 0 spiro atoms. The Morgan fingerprint density at radius 3 is 2.00 bits per heavy atom. The van der Waals surface area contributed by atoms with Crippen molar-refractivity contribution in [3.63, 3.8) is 0 Å². The van der Waals surface area contributed by atoms with Crippen LogP contribution in [0.15, 0.2) is 24.4 Å². The highest BCUT2D eigenvalue weighted by atomic mass is 32.2. The lowest BCUT2D eigenvalue weighted by Gasteiger charge is -2.09. The summed E-state index contributed by atoms with van der Waals surface area (Å²) in [5.41, 5.74) is -4.94. The van der Waals surface area contributed by atoms with Crippen LogP contribution < -0.4 is 9.47 Å². The average molecular weight is 355 g/mol. The zero-order valence-electron chi connectivity index (χ0n) is 11.8. The Balaban J connectivity index is 0.000000284. The molecule has 11 heteroatoms. The van der Waals surface area contributed by atoms with Crippen LogP contribution in [0.3, 0.4) is 0 Å². The molecule has 1 aromatic carbocycles. The van der Waals surface area contributed by atoms with Crippen molar-refractivity contribution in [1.82, 2.24) is 4.98 Å². The molecule has 1 heterocycles. The van der Waals surface area contributed by atoms with Crippen molar-refractivity contribution in [2.45, 2.75) is 5.51 Å². The Kier molecular flexibility index (Phi) is 5.61. The van der Waals surface area contributed by atoms with Crippen LogP contribution in [-0.4, -0.2) is 42.8 Å². The van der Waals surface area contributed by atoms with E-state index in [-0.39, 0.29) is 5.75 Å². The molecule has 0 fully saturated rings. The fourth-order valence-corrected chi connectivity index (χ4v) is 1.53. The van der Waals surface area contributed by atoms with Gasteiger partial charge in [-0.2, -0.15) is 21.6 Å². The van der Waals surface area contributed by atoms with E-state index in [9.17, 15) is 18.3 Å². The van der Waals surface area contributed by atoms with Crippen LogP contribution in [0.4, 0.5) is 13.2 Å². The molecule has 0 aliphatic carbocycles. The van der Waals surface area contributed by atoms with Gasteiger partial charge in [0.15, 0.2) is 0 Å². The molecule has 128 valence electrons. The van der Waals surface area contributed by atoms with Crippen molar-refractivity contribution in [2.24, 2.45) is 0 Å². The second-order valence-electron chi connectivity index (χ2n) is 3.94. The first-order valence-electron chi connectivity index (χ1n) is 5.75. The molecule has 0 atom stereocenters. The third kappa shape index (κ3) is 4.36. The second-order valence-corrected chi connectivity index (χ2v) is 5.36. The number of benzene rings is 1. The van der Waals surface area contributed by atoms with Gasteiger partial charge in [0.2, 0.25) is 0 Å². The summed E-state index contributed by atoms with van der Waals surface area (Å²) in [4.78, 5) is 4.16. The van der Waals surface area contributed by atoms with Gasteiger partial charge in [-0.1, -0.05) is 0 Å². The van der Waals surface area contributed by atoms with Crippen LogP contribution in [0.25, 0.3) is 10.9 Å². The third-order valence-electron chi connectivity index (χ3n) is 2.53. The highest BCUT2D eigenvalue weighted by molar-refractivity contribution is 7.86. The van der Waals surface area contributed by atoms with E-state index in [4.69, 9.17) is 22.4 Å². The highest BCUT2D eigenvalue weighted by Gasteiger charge is 2.44. The molecular formula is C12H12F3NO6S. The van der Waals surface area contributed by atoms with Crippen molar-refractivity contribution < 1.29 is 40.7 Å². The second kappa shape index (κ2) is 6.87. The van der Waals surface area contributed by atoms with E-state index < -0.39 is 15.6 Å². The molecule has 1 aromatic heterocycles. The van der Waals surface area contributed by atoms with E-state index in [1.165, 1.54) is 12.3 Å². The third-order valence-corrected chi connectivity index (χ3v) is 3.11. The van der Waals surface area contributed by atoms with Crippen LogP contribution in [0.2, 0.25) is 0 Å². The predicted octanol–water partition coefficient (Wildman–Crippen LogP) is 2.35. The fraction of sp³-hybridized carbons (Fsp3) is 0.250. The Bertz CT molecular complexity index is 791. The van der Waals surface area contributed by atoms with Gasteiger partial charge in [0.25, 0.3) is 0 Å². The van der Waals surface area contributed by atoms with Gasteiger partial charge < -0.3 is 14.6 Å².